The second kappa shape index (κ2) is 7.74. The lowest BCUT2D eigenvalue weighted by molar-refractivity contribution is 0.213. The van der Waals surface area contributed by atoms with Gasteiger partial charge in [-0.25, -0.2) is 0 Å². The van der Waals surface area contributed by atoms with Crippen LogP contribution in [-0.4, -0.2) is 25.7 Å². The van der Waals surface area contributed by atoms with Gasteiger partial charge in [0, 0.05) is 16.2 Å². The summed E-state index contributed by atoms with van der Waals surface area (Å²) in [5, 5.41) is 4.14. The lowest BCUT2D eigenvalue weighted by atomic mass is 10.1. The van der Waals surface area contributed by atoms with Crippen molar-refractivity contribution >= 4 is 17.5 Å². The summed E-state index contributed by atoms with van der Waals surface area (Å²) in [5.74, 6) is 1.59. The Hall–Kier alpha value is -1.94. The fraction of sp³-hybridized carbons (Fsp3) is 0.235. The molecular weight excluding hydrogens is 282 g/mol. The van der Waals surface area contributed by atoms with Crippen molar-refractivity contribution in [2.24, 2.45) is 5.16 Å². The number of methoxy groups -OCH3 is 1. The number of hydrogen-bond acceptors (Lipinski definition) is 4. The topological polar surface area (TPSA) is 30.8 Å². The van der Waals surface area contributed by atoms with Crippen LogP contribution in [0.1, 0.15) is 11.1 Å². The Morgan fingerprint density at radius 2 is 1.67 bits per heavy atom. The zero-order chi connectivity index (χ0) is 15.1. The van der Waals surface area contributed by atoms with E-state index in [2.05, 4.69) is 36.3 Å². The first-order valence-electron chi connectivity index (χ1n) is 6.67. The molecule has 0 bridgehead atoms. The maximum Gasteiger partial charge on any atom is 0.118 e. The van der Waals surface area contributed by atoms with Gasteiger partial charge in [-0.05, 0) is 43.3 Å². The first-order valence-corrected chi connectivity index (χ1v) is 7.65. The third-order valence-electron chi connectivity index (χ3n) is 3.02. The van der Waals surface area contributed by atoms with Crippen LogP contribution in [0.2, 0.25) is 0 Å². The number of ether oxygens (including phenoxy) is 1. The van der Waals surface area contributed by atoms with E-state index in [1.807, 2.05) is 24.3 Å². The van der Waals surface area contributed by atoms with Crippen LogP contribution in [0, 0.1) is 6.92 Å². The van der Waals surface area contributed by atoms with Crippen molar-refractivity contribution in [2.45, 2.75) is 11.8 Å². The summed E-state index contributed by atoms with van der Waals surface area (Å²) in [4.78, 5) is 6.19. The molecule has 0 aliphatic heterocycles. The molecule has 0 saturated carbocycles. The van der Waals surface area contributed by atoms with Crippen LogP contribution in [-0.2, 0) is 4.84 Å². The van der Waals surface area contributed by atoms with Gasteiger partial charge in [-0.15, -0.1) is 11.8 Å². The molecule has 21 heavy (non-hydrogen) atoms. The minimum absolute atomic E-state index is 0.753. The molecule has 0 aliphatic rings. The van der Waals surface area contributed by atoms with Gasteiger partial charge in [-0.1, -0.05) is 22.9 Å². The number of benzene rings is 2. The predicted molar refractivity (Wildman–Crippen MR) is 88.4 cm³/mol. The number of rotatable bonds is 6. The Labute approximate surface area is 130 Å². The van der Waals surface area contributed by atoms with Crippen LogP contribution >= 0.6 is 11.8 Å². The van der Waals surface area contributed by atoms with Crippen LogP contribution in [0.4, 0.5) is 0 Å². The molecule has 0 unspecified atom stereocenters. The molecule has 0 saturated heterocycles. The second-order valence-electron chi connectivity index (χ2n) is 4.55. The van der Waals surface area contributed by atoms with Crippen molar-refractivity contribution in [3.63, 3.8) is 0 Å². The van der Waals surface area contributed by atoms with E-state index in [0.29, 0.717) is 0 Å². The van der Waals surface area contributed by atoms with Crippen molar-refractivity contribution in [1.29, 1.82) is 0 Å². The SMILES string of the molecule is CON=C(CSc1ccc(C)cc1)c1ccc(OC)cc1. The number of hydrogen-bond donors (Lipinski definition) is 0. The third-order valence-corrected chi connectivity index (χ3v) is 4.04. The lowest BCUT2D eigenvalue weighted by Crippen LogP contribution is -2.05. The number of nitrogens with zero attached hydrogens (tertiary/aromatic N) is 1. The average Bonchev–Trinajstić information content (AvgIpc) is 2.53. The van der Waals surface area contributed by atoms with E-state index in [9.17, 15) is 0 Å². The van der Waals surface area contributed by atoms with Crippen LogP contribution < -0.4 is 4.74 Å². The fourth-order valence-electron chi connectivity index (χ4n) is 1.84. The van der Waals surface area contributed by atoms with Crippen LogP contribution in [0.5, 0.6) is 5.75 Å². The molecular formula is C17H19NO2S. The molecule has 0 aliphatic carbocycles. The molecule has 2 rings (SSSR count). The van der Waals surface area contributed by atoms with E-state index in [-0.39, 0.29) is 0 Å². The molecule has 2 aromatic carbocycles. The van der Waals surface area contributed by atoms with E-state index in [0.717, 1.165) is 22.8 Å². The van der Waals surface area contributed by atoms with Crippen molar-refractivity contribution < 1.29 is 9.57 Å². The van der Waals surface area contributed by atoms with Gasteiger partial charge in [0.2, 0.25) is 0 Å². The summed E-state index contributed by atoms with van der Waals surface area (Å²) >= 11 is 1.74. The van der Waals surface area contributed by atoms with Gasteiger partial charge in [-0.3, -0.25) is 0 Å². The highest BCUT2D eigenvalue weighted by Crippen LogP contribution is 2.21. The molecule has 3 nitrogen and oxygen atoms in total. The zero-order valence-corrected chi connectivity index (χ0v) is 13.3. The van der Waals surface area contributed by atoms with E-state index >= 15 is 0 Å². The first kappa shape index (κ1) is 15.4. The molecule has 0 heterocycles. The van der Waals surface area contributed by atoms with E-state index in [1.54, 1.807) is 26.0 Å². The number of thioether (sulfide) groups is 1. The second-order valence-corrected chi connectivity index (χ2v) is 5.60. The van der Waals surface area contributed by atoms with Crippen molar-refractivity contribution in [2.75, 3.05) is 20.0 Å². The predicted octanol–water partition coefficient (Wildman–Crippen LogP) is 4.15. The van der Waals surface area contributed by atoms with E-state index in [1.165, 1.54) is 10.5 Å². The van der Waals surface area contributed by atoms with E-state index < -0.39 is 0 Å². The Morgan fingerprint density at radius 3 is 2.24 bits per heavy atom. The van der Waals surface area contributed by atoms with Crippen molar-refractivity contribution in [3.8, 4) is 5.75 Å². The Bertz CT molecular complexity index is 591. The molecule has 4 heteroatoms. The lowest BCUT2D eigenvalue weighted by Gasteiger charge is -2.07. The molecule has 0 fully saturated rings. The highest BCUT2D eigenvalue weighted by molar-refractivity contribution is 8.00. The minimum atomic E-state index is 0.753. The third kappa shape index (κ3) is 4.53. The summed E-state index contributed by atoms with van der Waals surface area (Å²) in [6.45, 7) is 2.09. The highest BCUT2D eigenvalue weighted by Gasteiger charge is 2.06. The molecule has 0 atom stereocenters. The number of aryl methyl sites for hydroxylation is 1. The monoisotopic (exact) mass is 301 g/mol. The van der Waals surface area contributed by atoms with Crippen LogP contribution in [0.15, 0.2) is 58.6 Å². The molecule has 2 aromatic rings. The average molecular weight is 301 g/mol. The summed E-state index contributed by atoms with van der Waals surface area (Å²) in [6.07, 6.45) is 0. The molecule has 0 N–H and O–H groups in total. The Kier molecular flexibility index (Phi) is 5.69. The van der Waals surface area contributed by atoms with Gasteiger partial charge in [0.1, 0.15) is 12.9 Å². The van der Waals surface area contributed by atoms with Gasteiger partial charge in [0.25, 0.3) is 0 Å². The largest absolute Gasteiger partial charge is 0.497 e. The van der Waals surface area contributed by atoms with Crippen molar-refractivity contribution in [1.82, 2.24) is 0 Å². The van der Waals surface area contributed by atoms with Crippen LogP contribution in [0.25, 0.3) is 0 Å². The summed E-state index contributed by atoms with van der Waals surface area (Å²) in [7, 11) is 3.23. The maximum atomic E-state index is 5.17. The summed E-state index contributed by atoms with van der Waals surface area (Å²) < 4.78 is 5.17. The van der Waals surface area contributed by atoms with Gasteiger partial charge in [0.05, 0.1) is 12.8 Å². The number of oxime groups is 1. The van der Waals surface area contributed by atoms with Gasteiger partial charge in [0.15, 0.2) is 0 Å². The first-order chi connectivity index (χ1) is 10.2. The minimum Gasteiger partial charge on any atom is -0.497 e. The molecule has 0 spiro atoms. The molecule has 110 valence electrons. The highest BCUT2D eigenvalue weighted by atomic mass is 32.2. The summed E-state index contributed by atoms with van der Waals surface area (Å²) in [6, 6.07) is 16.3. The summed E-state index contributed by atoms with van der Waals surface area (Å²) in [5.41, 5.74) is 3.21. The standard InChI is InChI=1S/C17H19NO2S/c1-13-4-10-16(11-5-13)21-12-17(18-20-3)14-6-8-15(19-2)9-7-14/h4-11H,12H2,1-3H3. The zero-order valence-electron chi connectivity index (χ0n) is 12.5. The van der Waals surface area contributed by atoms with Crippen molar-refractivity contribution in [3.05, 3.63) is 59.7 Å². The molecule has 0 aromatic heterocycles. The normalized spacial score (nSPS) is 11.3. The Morgan fingerprint density at radius 1 is 1.00 bits per heavy atom. The van der Waals surface area contributed by atoms with E-state index in [4.69, 9.17) is 9.57 Å². The van der Waals surface area contributed by atoms with Gasteiger partial charge in [-0.2, -0.15) is 0 Å². The Balaban J connectivity index is 2.08. The molecule has 0 radical (unpaired) electrons. The molecule has 0 amide bonds. The smallest absolute Gasteiger partial charge is 0.118 e. The quantitative estimate of drug-likeness (QED) is 0.456. The van der Waals surface area contributed by atoms with Gasteiger partial charge < -0.3 is 9.57 Å². The maximum absolute atomic E-state index is 5.17. The van der Waals surface area contributed by atoms with Crippen LogP contribution in [0.3, 0.4) is 0 Å². The van der Waals surface area contributed by atoms with Gasteiger partial charge >= 0.3 is 0 Å². The fourth-order valence-corrected chi connectivity index (χ4v) is 2.69.